The molecule has 0 bridgehead atoms. The van der Waals surface area contributed by atoms with E-state index < -0.39 is 23.6 Å². The minimum Gasteiger partial charge on any atom is -0.488 e. The SMILES string of the molecule is O=C(CN1C(=O)S/C(=C\c2cc(Br)ccc2OCc2ccccc2F)C1=O)Nc1ccc(I)cc1. The number of hydrogen-bond donors (Lipinski definition) is 1. The van der Waals surface area contributed by atoms with Crippen molar-refractivity contribution in [3.05, 3.63) is 96.6 Å². The van der Waals surface area contributed by atoms with Crippen LogP contribution in [0.4, 0.5) is 14.9 Å². The lowest BCUT2D eigenvalue weighted by Gasteiger charge is -2.13. The number of thioether (sulfide) groups is 1. The molecule has 4 rings (SSSR count). The Kier molecular flexibility index (Phi) is 8.24. The number of rotatable bonds is 7. The summed E-state index contributed by atoms with van der Waals surface area (Å²) in [5.41, 5.74) is 1.49. The Balaban J connectivity index is 1.48. The van der Waals surface area contributed by atoms with E-state index in [4.69, 9.17) is 4.74 Å². The average molecular weight is 667 g/mol. The maximum absolute atomic E-state index is 14.0. The number of ether oxygens (including phenoxy) is 1. The molecule has 1 aliphatic rings. The highest BCUT2D eigenvalue weighted by atomic mass is 127. The minimum atomic E-state index is -0.571. The van der Waals surface area contributed by atoms with Gasteiger partial charge in [0.2, 0.25) is 5.91 Å². The number of hydrogen-bond acceptors (Lipinski definition) is 5. The predicted octanol–water partition coefficient (Wildman–Crippen LogP) is 6.45. The highest BCUT2D eigenvalue weighted by molar-refractivity contribution is 14.1. The first kappa shape index (κ1) is 25.4. The van der Waals surface area contributed by atoms with Crippen LogP contribution in [0.3, 0.4) is 0 Å². The molecule has 3 aromatic carbocycles. The Morgan fingerprint density at radius 2 is 1.86 bits per heavy atom. The van der Waals surface area contributed by atoms with E-state index in [9.17, 15) is 18.8 Å². The van der Waals surface area contributed by atoms with E-state index in [1.807, 2.05) is 12.1 Å². The summed E-state index contributed by atoms with van der Waals surface area (Å²) in [6, 6.07) is 18.6. The highest BCUT2D eigenvalue weighted by Gasteiger charge is 2.36. The van der Waals surface area contributed by atoms with Crippen LogP contribution in [0.5, 0.6) is 5.75 Å². The first-order valence-corrected chi connectivity index (χ1v) is 13.0. The van der Waals surface area contributed by atoms with Crippen molar-refractivity contribution in [2.24, 2.45) is 0 Å². The fourth-order valence-electron chi connectivity index (χ4n) is 3.19. The molecule has 1 fully saturated rings. The third-order valence-corrected chi connectivity index (χ3v) is 7.02. The molecule has 10 heteroatoms. The van der Waals surface area contributed by atoms with Gasteiger partial charge in [0.1, 0.15) is 24.7 Å². The maximum atomic E-state index is 14.0. The smallest absolute Gasteiger partial charge is 0.294 e. The minimum absolute atomic E-state index is 0.00463. The molecule has 3 amide bonds. The van der Waals surface area contributed by atoms with E-state index in [2.05, 4.69) is 43.8 Å². The lowest BCUT2D eigenvalue weighted by atomic mass is 10.1. The summed E-state index contributed by atoms with van der Waals surface area (Å²) >= 11 is 6.29. The Morgan fingerprint density at radius 1 is 1.11 bits per heavy atom. The van der Waals surface area contributed by atoms with Crippen molar-refractivity contribution in [1.82, 2.24) is 4.90 Å². The van der Waals surface area contributed by atoms with Gasteiger partial charge in [-0.15, -0.1) is 0 Å². The van der Waals surface area contributed by atoms with Gasteiger partial charge >= 0.3 is 0 Å². The van der Waals surface area contributed by atoms with Crippen LogP contribution in [0.25, 0.3) is 6.08 Å². The Labute approximate surface area is 227 Å². The summed E-state index contributed by atoms with van der Waals surface area (Å²) < 4.78 is 21.5. The fraction of sp³-hybridized carbons (Fsp3) is 0.0800. The Morgan fingerprint density at radius 3 is 2.60 bits per heavy atom. The average Bonchev–Trinajstić information content (AvgIpc) is 3.08. The summed E-state index contributed by atoms with van der Waals surface area (Å²) in [6.45, 7) is -0.404. The number of halogens is 3. The van der Waals surface area contributed by atoms with Gasteiger partial charge in [-0.25, -0.2) is 4.39 Å². The third kappa shape index (κ3) is 6.50. The van der Waals surface area contributed by atoms with E-state index in [0.717, 1.165) is 24.7 Å². The normalized spacial score (nSPS) is 14.5. The van der Waals surface area contributed by atoms with Gasteiger partial charge in [0.15, 0.2) is 0 Å². The zero-order chi connectivity index (χ0) is 24.9. The molecule has 178 valence electrons. The first-order chi connectivity index (χ1) is 16.8. The number of carbonyl (C=O) groups is 3. The number of carbonyl (C=O) groups excluding carboxylic acids is 3. The third-order valence-electron chi connectivity index (χ3n) is 4.90. The van der Waals surface area contributed by atoms with Crippen LogP contribution >= 0.6 is 50.3 Å². The van der Waals surface area contributed by atoms with Crippen LogP contribution in [0.2, 0.25) is 0 Å². The molecule has 1 saturated heterocycles. The van der Waals surface area contributed by atoms with Gasteiger partial charge in [-0.2, -0.15) is 0 Å². The number of nitrogens with one attached hydrogen (secondary N) is 1. The van der Waals surface area contributed by atoms with E-state index in [0.29, 0.717) is 22.6 Å². The summed E-state index contributed by atoms with van der Waals surface area (Å²) in [5, 5.41) is 2.14. The van der Waals surface area contributed by atoms with Crippen LogP contribution in [-0.2, 0) is 16.2 Å². The Bertz CT molecular complexity index is 1330. The summed E-state index contributed by atoms with van der Waals surface area (Å²) in [6.07, 6.45) is 1.53. The van der Waals surface area contributed by atoms with Crippen molar-refractivity contribution in [2.45, 2.75) is 6.61 Å². The van der Waals surface area contributed by atoms with Gasteiger partial charge in [-0.3, -0.25) is 19.3 Å². The molecule has 1 N–H and O–H groups in total. The fourth-order valence-corrected chi connectivity index (χ4v) is 4.76. The Hall–Kier alpha value is -2.70. The van der Waals surface area contributed by atoms with Crippen molar-refractivity contribution >= 4 is 79.1 Å². The van der Waals surface area contributed by atoms with Gasteiger partial charge in [0.05, 0.1) is 4.91 Å². The number of nitrogens with zero attached hydrogens (tertiary/aromatic N) is 1. The molecule has 0 saturated carbocycles. The molecule has 0 unspecified atom stereocenters. The molecule has 0 aliphatic carbocycles. The standard InChI is InChI=1S/C25H17BrFIN2O4S/c26-17-5-10-21(34-14-15-3-1-2-4-20(15)27)16(11-17)12-22-24(32)30(25(33)35-22)13-23(31)29-19-8-6-18(28)7-9-19/h1-12H,13-14H2,(H,29,31)/b22-12-. The molecule has 3 aromatic rings. The van der Waals surface area contributed by atoms with E-state index >= 15 is 0 Å². The quantitative estimate of drug-likeness (QED) is 0.232. The molecule has 35 heavy (non-hydrogen) atoms. The monoisotopic (exact) mass is 666 g/mol. The van der Waals surface area contributed by atoms with Crippen LogP contribution in [-0.4, -0.2) is 28.5 Å². The highest BCUT2D eigenvalue weighted by Crippen LogP contribution is 2.35. The molecular weight excluding hydrogens is 650 g/mol. The molecular formula is C25H17BrFIN2O4S. The number of amides is 3. The summed E-state index contributed by atoms with van der Waals surface area (Å²) in [7, 11) is 0. The van der Waals surface area contributed by atoms with Crippen LogP contribution < -0.4 is 10.1 Å². The van der Waals surface area contributed by atoms with Crippen molar-refractivity contribution in [1.29, 1.82) is 0 Å². The predicted molar refractivity (Wildman–Crippen MR) is 145 cm³/mol. The zero-order valence-corrected chi connectivity index (χ0v) is 22.5. The van der Waals surface area contributed by atoms with Crippen LogP contribution in [0.15, 0.2) is 76.1 Å². The molecule has 0 spiro atoms. The second-order valence-electron chi connectivity index (χ2n) is 7.39. The second-order valence-corrected chi connectivity index (χ2v) is 10.5. The maximum Gasteiger partial charge on any atom is 0.294 e. The largest absolute Gasteiger partial charge is 0.488 e. The number of imide groups is 1. The molecule has 0 atom stereocenters. The van der Waals surface area contributed by atoms with Crippen molar-refractivity contribution < 1.29 is 23.5 Å². The van der Waals surface area contributed by atoms with Crippen LogP contribution in [0.1, 0.15) is 11.1 Å². The number of anilines is 1. The van der Waals surface area contributed by atoms with Gasteiger partial charge in [0, 0.05) is 24.9 Å². The van der Waals surface area contributed by atoms with Crippen molar-refractivity contribution in [2.75, 3.05) is 11.9 Å². The molecule has 6 nitrogen and oxygen atoms in total. The summed E-state index contributed by atoms with van der Waals surface area (Å²) in [5.74, 6) is -1.01. The topological polar surface area (TPSA) is 75.7 Å². The van der Waals surface area contributed by atoms with Crippen molar-refractivity contribution in [3.8, 4) is 5.75 Å². The first-order valence-electron chi connectivity index (χ1n) is 10.3. The number of benzene rings is 3. The molecule has 0 aromatic heterocycles. The van der Waals surface area contributed by atoms with Gasteiger partial charge in [0.25, 0.3) is 11.1 Å². The molecule has 1 aliphatic heterocycles. The van der Waals surface area contributed by atoms with Gasteiger partial charge in [-0.1, -0.05) is 34.1 Å². The van der Waals surface area contributed by atoms with E-state index in [-0.39, 0.29) is 17.3 Å². The van der Waals surface area contributed by atoms with Gasteiger partial charge < -0.3 is 10.1 Å². The second kappa shape index (κ2) is 11.4. The van der Waals surface area contributed by atoms with Crippen molar-refractivity contribution in [3.63, 3.8) is 0 Å². The molecule has 1 heterocycles. The molecule has 0 radical (unpaired) electrons. The van der Waals surface area contributed by atoms with E-state index in [1.165, 1.54) is 12.1 Å². The lowest BCUT2D eigenvalue weighted by Crippen LogP contribution is -2.36. The van der Waals surface area contributed by atoms with Gasteiger partial charge in [-0.05, 0) is 89.0 Å². The summed E-state index contributed by atoms with van der Waals surface area (Å²) in [4.78, 5) is 38.9. The van der Waals surface area contributed by atoms with E-state index in [1.54, 1.807) is 48.5 Å². The van der Waals surface area contributed by atoms with Crippen LogP contribution in [0, 0.1) is 9.39 Å². The zero-order valence-electron chi connectivity index (χ0n) is 18.0. The lowest BCUT2D eigenvalue weighted by molar-refractivity contribution is -0.127.